The van der Waals surface area contributed by atoms with Crippen molar-refractivity contribution in [1.29, 1.82) is 0 Å². The lowest BCUT2D eigenvalue weighted by Gasteiger charge is -2.06. The van der Waals surface area contributed by atoms with Gasteiger partial charge in [0, 0.05) is 12.1 Å². The van der Waals surface area contributed by atoms with E-state index < -0.39 is 10.0 Å². The summed E-state index contributed by atoms with van der Waals surface area (Å²) >= 11 is 0. The monoisotopic (exact) mass is 231 g/mol. The summed E-state index contributed by atoms with van der Waals surface area (Å²) in [5.74, 6) is 0.401. The quantitative estimate of drug-likeness (QED) is 0.840. The molecule has 1 aromatic heterocycles. The van der Waals surface area contributed by atoms with E-state index in [9.17, 15) is 8.42 Å². The Morgan fingerprint density at radius 1 is 1.47 bits per heavy atom. The normalized spacial score (nSPS) is 12.3. The highest BCUT2D eigenvalue weighted by atomic mass is 32.2. The molecule has 15 heavy (non-hydrogen) atoms. The number of nitrogens with one attached hydrogen (secondary N) is 1. The van der Waals surface area contributed by atoms with E-state index in [1.165, 1.54) is 6.26 Å². The molecule has 0 bridgehead atoms. The Kier molecular flexibility index (Phi) is 3.93. The molecule has 1 N–H and O–H groups in total. The van der Waals surface area contributed by atoms with Gasteiger partial charge in [-0.05, 0) is 18.4 Å². The van der Waals surface area contributed by atoms with E-state index in [4.69, 9.17) is 4.42 Å². The van der Waals surface area contributed by atoms with Crippen molar-refractivity contribution in [2.24, 2.45) is 5.92 Å². The zero-order valence-electron chi connectivity index (χ0n) is 9.28. The van der Waals surface area contributed by atoms with Gasteiger partial charge in [0.15, 0.2) is 0 Å². The summed E-state index contributed by atoms with van der Waals surface area (Å²) in [6.45, 7) is 6.18. The van der Waals surface area contributed by atoms with Crippen molar-refractivity contribution in [2.75, 3.05) is 6.54 Å². The average Bonchev–Trinajstić information content (AvgIpc) is 2.51. The Hall–Kier alpha value is -0.810. The van der Waals surface area contributed by atoms with Crippen LogP contribution in [0.5, 0.6) is 0 Å². The molecule has 4 nitrogen and oxygen atoms in total. The van der Waals surface area contributed by atoms with E-state index in [1.54, 1.807) is 13.0 Å². The molecule has 0 aliphatic carbocycles. The van der Waals surface area contributed by atoms with Crippen LogP contribution in [0.2, 0.25) is 0 Å². The van der Waals surface area contributed by atoms with Gasteiger partial charge in [-0.2, -0.15) is 0 Å². The summed E-state index contributed by atoms with van der Waals surface area (Å²) in [7, 11) is -3.46. The zero-order valence-corrected chi connectivity index (χ0v) is 10.1. The highest BCUT2D eigenvalue weighted by Crippen LogP contribution is 2.19. The fraction of sp³-hybridized carbons (Fsp3) is 0.600. The van der Waals surface area contributed by atoms with Gasteiger partial charge in [-0.3, -0.25) is 0 Å². The maximum absolute atomic E-state index is 11.7. The van der Waals surface area contributed by atoms with Crippen LogP contribution in [0.1, 0.15) is 26.3 Å². The lowest BCUT2D eigenvalue weighted by molar-refractivity contribution is 0.436. The molecule has 0 fully saturated rings. The standard InChI is InChI=1S/C10H17NO3S/c1-4-11-15(12,13)10-9(5-6-14-10)7-8(2)3/h5-6,8,11H,4,7H2,1-3H3. The molecule has 0 saturated heterocycles. The second-order valence-electron chi connectivity index (χ2n) is 3.83. The second-order valence-corrected chi connectivity index (χ2v) is 5.50. The third kappa shape index (κ3) is 3.07. The van der Waals surface area contributed by atoms with Crippen LogP contribution >= 0.6 is 0 Å². The third-order valence-corrected chi connectivity index (χ3v) is 3.43. The van der Waals surface area contributed by atoms with Gasteiger partial charge in [0.1, 0.15) is 0 Å². The number of rotatable bonds is 5. The van der Waals surface area contributed by atoms with Crippen LogP contribution in [0.25, 0.3) is 0 Å². The number of furan rings is 1. The molecule has 1 heterocycles. The van der Waals surface area contributed by atoms with E-state index in [2.05, 4.69) is 4.72 Å². The van der Waals surface area contributed by atoms with Crippen molar-refractivity contribution in [3.8, 4) is 0 Å². The van der Waals surface area contributed by atoms with Gasteiger partial charge in [0.05, 0.1) is 6.26 Å². The molecule has 1 aromatic rings. The van der Waals surface area contributed by atoms with E-state index >= 15 is 0 Å². The predicted molar refractivity (Wildman–Crippen MR) is 58.1 cm³/mol. The first-order valence-electron chi connectivity index (χ1n) is 5.03. The minimum Gasteiger partial charge on any atom is -0.451 e. The van der Waals surface area contributed by atoms with Gasteiger partial charge in [-0.15, -0.1) is 0 Å². The van der Waals surface area contributed by atoms with Gasteiger partial charge in [0.2, 0.25) is 5.09 Å². The van der Waals surface area contributed by atoms with Crippen LogP contribution < -0.4 is 4.72 Å². The van der Waals surface area contributed by atoms with Crippen molar-refractivity contribution in [3.63, 3.8) is 0 Å². The molecule has 0 amide bonds. The Morgan fingerprint density at radius 3 is 2.67 bits per heavy atom. The van der Waals surface area contributed by atoms with Gasteiger partial charge < -0.3 is 4.42 Å². The first kappa shape index (κ1) is 12.3. The van der Waals surface area contributed by atoms with E-state index in [0.29, 0.717) is 18.9 Å². The minimum absolute atomic E-state index is 0.0538. The Labute approximate surface area is 90.7 Å². The predicted octanol–water partition coefficient (Wildman–Crippen LogP) is 1.78. The Bertz CT molecular complexity index is 406. The number of hydrogen-bond acceptors (Lipinski definition) is 3. The fourth-order valence-corrected chi connectivity index (χ4v) is 2.59. The van der Waals surface area contributed by atoms with Crippen LogP contribution in [0, 0.1) is 5.92 Å². The topological polar surface area (TPSA) is 59.3 Å². The summed E-state index contributed by atoms with van der Waals surface area (Å²) in [6.07, 6.45) is 2.12. The zero-order chi connectivity index (χ0) is 11.5. The van der Waals surface area contributed by atoms with Crippen LogP contribution in [0.15, 0.2) is 21.8 Å². The third-order valence-electron chi connectivity index (χ3n) is 1.91. The van der Waals surface area contributed by atoms with Crippen molar-refractivity contribution in [1.82, 2.24) is 4.72 Å². The highest BCUT2D eigenvalue weighted by molar-refractivity contribution is 7.89. The first-order chi connectivity index (χ1) is 6.97. The lowest BCUT2D eigenvalue weighted by atomic mass is 10.1. The molecule has 0 radical (unpaired) electrons. The molecule has 0 atom stereocenters. The van der Waals surface area contributed by atoms with Gasteiger partial charge >= 0.3 is 0 Å². The summed E-state index contributed by atoms with van der Waals surface area (Å²) in [4.78, 5) is 0. The second kappa shape index (κ2) is 4.81. The van der Waals surface area contributed by atoms with Crippen LogP contribution in [0.3, 0.4) is 0 Å². The van der Waals surface area contributed by atoms with Crippen LogP contribution in [-0.2, 0) is 16.4 Å². The highest BCUT2D eigenvalue weighted by Gasteiger charge is 2.21. The molecule has 86 valence electrons. The molecule has 0 aliphatic heterocycles. The van der Waals surface area contributed by atoms with Crippen molar-refractivity contribution < 1.29 is 12.8 Å². The van der Waals surface area contributed by atoms with Crippen LogP contribution in [0.4, 0.5) is 0 Å². The fourth-order valence-electron chi connectivity index (χ4n) is 1.40. The Morgan fingerprint density at radius 2 is 2.13 bits per heavy atom. The number of hydrogen-bond donors (Lipinski definition) is 1. The average molecular weight is 231 g/mol. The largest absolute Gasteiger partial charge is 0.451 e. The van der Waals surface area contributed by atoms with Crippen LogP contribution in [-0.4, -0.2) is 15.0 Å². The first-order valence-corrected chi connectivity index (χ1v) is 6.51. The molecule has 0 aliphatic rings. The van der Waals surface area contributed by atoms with E-state index in [-0.39, 0.29) is 5.09 Å². The van der Waals surface area contributed by atoms with Gasteiger partial charge in [-0.1, -0.05) is 20.8 Å². The molecule has 0 aromatic carbocycles. The maximum atomic E-state index is 11.7. The lowest BCUT2D eigenvalue weighted by Crippen LogP contribution is -2.23. The molecule has 1 rings (SSSR count). The van der Waals surface area contributed by atoms with Gasteiger partial charge in [0.25, 0.3) is 10.0 Å². The SMILES string of the molecule is CCNS(=O)(=O)c1occc1CC(C)C. The summed E-state index contributed by atoms with van der Waals surface area (Å²) in [6, 6.07) is 1.71. The number of sulfonamides is 1. The molecule has 0 spiro atoms. The minimum atomic E-state index is -3.46. The van der Waals surface area contributed by atoms with Gasteiger partial charge in [-0.25, -0.2) is 13.1 Å². The van der Waals surface area contributed by atoms with Crippen molar-refractivity contribution in [2.45, 2.75) is 32.3 Å². The van der Waals surface area contributed by atoms with E-state index in [0.717, 1.165) is 5.56 Å². The Balaban J connectivity index is 2.99. The molecule has 5 heteroatoms. The van der Waals surface area contributed by atoms with E-state index in [1.807, 2.05) is 13.8 Å². The van der Waals surface area contributed by atoms with Crippen molar-refractivity contribution in [3.05, 3.63) is 17.9 Å². The van der Waals surface area contributed by atoms with Crippen molar-refractivity contribution >= 4 is 10.0 Å². The summed E-state index contributed by atoms with van der Waals surface area (Å²) in [5, 5.41) is 0.0538. The smallest absolute Gasteiger partial charge is 0.274 e. The summed E-state index contributed by atoms with van der Waals surface area (Å²) < 4.78 is 30.8. The molecule has 0 saturated carbocycles. The summed E-state index contributed by atoms with van der Waals surface area (Å²) in [5.41, 5.74) is 0.742. The molecular formula is C10H17NO3S. The maximum Gasteiger partial charge on any atom is 0.274 e. The molecule has 0 unspecified atom stereocenters. The molecular weight excluding hydrogens is 214 g/mol.